The van der Waals surface area contributed by atoms with Gasteiger partial charge in [0.1, 0.15) is 5.69 Å². The maximum atomic E-state index is 13.3. The molecule has 0 unspecified atom stereocenters. The van der Waals surface area contributed by atoms with Crippen molar-refractivity contribution in [2.24, 2.45) is 7.05 Å². The van der Waals surface area contributed by atoms with Gasteiger partial charge in [0.25, 0.3) is 11.8 Å². The predicted molar refractivity (Wildman–Crippen MR) is 111 cm³/mol. The van der Waals surface area contributed by atoms with Crippen molar-refractivity contribution in [2.75, 3.05) is 0 Å². The first-order chi connectivity index (χ1) is 16.2. The molecule has 12 heteroatoms. The third-order valence-electron chi connectivity index (χ3n) is 6.36. The number of benzene rings is 1. The molecule has 1 fully saturated rings. The van der Waals surface area contributed by atoms with Gasteiger partial charge in [-0.3, -0.25) is 9.59 Å². The number of halogens is 3. The van der Waals surface area contributed by atoms with Crippen molar-refractivity contribution < 1.29 is 27.3 Å². The molecule has 34 heavy (non-hydrogen) atoms. The van der Waals surface area contributed by atoms with Crippen molar-refractivity contribution in [3.63, 3.8) is 0 Å². The molecule has 178 valence electrons. The van der Waals surface area contributed by atoms with Crippen LogP contribution in [0, 0.1) is 0 Å². The SMILES string of the molecule is Cn1cncc1C(=O)N[C@@H]1CCCC[C@H]1N1Cc2ccc(-c3noc(C(F)(F)F)n3)cc2C1=O. The minimum absolute atomic E-state index is 0.198. The minimum atomic E-state index is -4.75. The number of aryl methyl sites for hydroxylation is 1. The lowest BCUT2D eigenvalue weighted by atomic mass is 9.89. The summed E-state index contributed by atoms with van der Waals surface area (Å²) in [5.74, 6) is -2.16. The van der Waals surface area contributed by atoms with Gasteiger partial charge in [-0.1, -0.05) is 30.1 Å². The molecular weight excluding hydrogens is 453 g/mol. The van der Waals surface area contributed by atoms with Crippen LogP contribution in [0.2, 0.25) is 0 Å². The highest BCUT2D eigenvalue weighted by Crippen LogP contribution is 2.34. The van der Waals surface area contributed by atoms with Crippen LogP contribution in [0.3, 0.4) is 0 Å². The molecule has 2 aromatic heterocycles. The molecule has 1 saturated carbocycles. The summed E-state index contributed by atoms with van der Waals surface area (Å²) < 4.78 is 44.3. The Morgan fingerprint density at radius 2 is 2.03 bits per heavy atom. The van der Waals surface area contributed by atoms with E-state index >= 15 is 0 Å². The highest BCUT2D eigenvalue weighted by atomic mass is 19.4. The normalized spacial score (nSPS) is 20.5. The van der Waals surface area contributed by atoms with Gasteiger partial charge in [0, 0.05) is 30.8 Å². The first kappa shape index (κ1) is 22.1. The fourth-order valence-electron chi connectivity index (χ4n) is 4.66. The van der Waals surface area contributed by atoms with Crippen LogP contribution in [-0.2, 0) is 19.8 Å². The number of nitrogens with zero attached hydrogens (tertiary/aromatic N) is 5. The van der Waals surface area contributed by atoms with Gasteiger partial charge in [0.15, 0.2) is 0 Å². The fraction of sp³-hybridized carbons (Fsp3) is 0.409. The Hall–Kier alpha value is -3.70. The van der Waals surface area contributed by atoms with Gasteiger partial charge in [-0.25, -0.2) is 4.98 Å². The van der Waals surface area contributed by atoms with Crippen LogP contribution in [0.15, 0.2) is 35.2 Å². The standard InChI is InChI=1S/C22H21F3N6O3/c1-30-11-26-9-17(30)19(32)27-15-4-2-3-5-16(15)31-10-13-7-6-12(8-14(13)20(31)33)18-28-21(34-29-18)22(23,24)25/h6-9,11,15-16H,2-5,10H2,1H3,(H,27,32)/t15-,16-/m1/s1. The van der Waals surface area contributed by atoms with Crippen molar-refractivity contribution in [1.29, 1.82) is 0 Å². The van der Waals surface area contributed by atoms with E-state index in [1.807, 2.05) is 0 Å². The highest BCUT2D eigenvalue weighted by Gasteiger charge is 2.40. The maximum absolute atomic E-state index is 13.3. The molecule has 1 aromatic carbocycles. The number of nitrogens with one attached hydrogen (secondary N) is 1. The van der Waals surface area contributed by atoms with E-state index in [4.69, 9.17) is 0 Å². The lowest BCUT2D eigenvalue weighted by molar-refractivity contribution is -0.159. The second-order valence-electron chi connectivity index (χ2n) is 8.55. The number of fused-ring (bicyclic) bond motifs is 1. The first-order valence-corrected chi connectivity index (χ1v) is 10.8. The summed E-state index contributed by atoms with van der Waals surface area (Å²) in [5, 5.41) is 6.46. The fourth-order valence-corrected chi connectivity index (χ4v) is 4.66. The van der Waals surface area contributed by atoms with Gasteiger partial charge in [0.05, 0.1) is 18.6 Å². The van der Waals surface area contributed by atoms with Crippen molar-refractivity contribution in [1.82, 2.24) is 29.9 Å². The van der Waals surface area contributed by atoms with Crippen LogP contribution in [0.1, 0.15) is 58.0 Å². The summed E-state index contributed by atoms with van der Waals surface area (Å²) in [7, 11) is 1.74. The number of aromatic nitrogens is 4. The molecule has 3 heterocycles. The van der Waals surface area contributed by atoms with Crippen LogP contribution in [0.4, 0.5) is 13.2 Å². The predicted octanol–water partition coefficient (Wildman–Crippen LogP) is 3.19. The largest absolute Gasteiger partial charge is 0.471 e. The van der Waals surface area contributed by atoms with Crippen LogP contribution in [-0.4, -0.2) is 48.5 Å². The molecule has 1 N–H and O–H groups in total. The number of rotatable bonds is 4. The molecule has 1 aliphatic carbocycles. The third-order valence-corrected chi connectivity index (χ3v) is 6.36. The summed E-state index contributed by atoms with van der Waals surface area (Å²) >= 11 is 0. The van der Waals surface area contributed by atoms with Crippen molar-refractivity contribution in [2.45, 2.75) is 50.5 Å². The maximum Gasteiger partial charge on any atom is 0.471 e. The summed E-state index contributed by atoms with van der Waals surface area (Å²) in [5.41, 5.74) is 1.84. The molecule has 0 spiro atoms. The topological polar surface area (TPSA) is 106 Å². The number of hydrogen-bond donors (Lipinski definition) is 1. The van der Waals surface area contributed by atoms with E-state index in [0.29, 0.717) is 17.8 Å². The van der Waals surface area contributed by atoms with Gasteiger partial charge in [0.2, 0.25) is 5.82 Å². The van der Waals surface area contributed by atoms with Gasteiger partial charge < -0.3 is 19.3 Å². The molecule has 2 atom stereocenters. The monoisotopic (exact) mass is 474 g/mol. The second kappa shape index (κ2) is 8.26. The Kier molecular flexibility index (Phi) is 5.37. The van der Waals surface area contributed by atoms with Crippen molar-refractivity contribution in [3.8, 4) is 11.4 Å². The number of alkyl halides is 3. The molecule has 9 nitrogen and oxygen atoms in total. The molecule has 2 amide bonds. The summed E-state index contributed by atoms with van der Waals surface area (Å²) in [4.78, 5) is 35.2. The lowest BCUT2D eigenvalue weighted by Gasteiger charge is -2.38. The molecule has 0 bridgehead atoms. The van der Waals surface area contributed by atoms with Crippen LogP contribution >= 0.6 is 0 Å². The highest BCUT2D eigenvalue weighted by molar-refractivity contribution is 5.99. The smallest absolute Gasteiger partial charge is 0.346 e. The summed E-state index contributed by atoms with van der Waals surface area (Å²) in [6, 6.07) is 4.34. The van der Waals surface area contributed by atoms with Crippen LogP contribution in [0.25, 0.3) is 11.4 Å². The zero-order valence-corrected chi connectivity index (χ0v) is 18.2. The van der Waals surface area contributed by atoms with E-state index in [-0.39, 0.29) is 35.3 Å². The molecule has 0 saturated heterocycles. The van der Waals surface area contributed by atoms with E-state index in [2.05, 4.69) is 25.0 Å². The number of hydrogen-bond acceptors (Lipinski definition) is 6. The minimum Gasteiger partial charge on any atom is -0.346 e. The van der Waals surface area contributed by atoms with E-state index in [1.54, 1.807) is 35.0 Å². The van der Waals surface area contributed by atoms with Gasteiger partial charge in [-0.2, -0.15) is 18.2 Å². The van der Waals surface area contributed by atoms with Crippen LogP contribution < -0.4 is 5.32 Å². The zero-order valence-electron chi connectivity index (χ0n) is 18.2. The molecule has 0 radical (unpaired) electrons. The van der Waals surface area contributed by atoms with Gasteiger partial charge >= 0.3 is 12.1 Å². The Morgan fingerprint density at radius 3 is 2.74 bits per heavy atom. The Morgan fingerprint density at radius 1 is 1.24 bits per heavy atom. The molecule has 2 aliphatic rings. The molecule has 1 aliphatic heterocycles. The van der Waals surface area contributed by atoms with Crippen LogP contribution in [0.5, 0.6) is 0 Å². The zero-order chi connectivity index (χ0) is 24.0. The summed E-state index contributed by atoms with van der Waals surface area (Å²) in [6.45, 7) is 0.358. The third kappa shape index (κ3) is 3.93. The number of imidazole rings is 1. The van der Waals surface area contributed by atoms with E-state index in [9.17, 15) is 22.8 Å². The molecule has 3 aromatic rings. The summed E-state index contributed by atoms with van der Waals surface area (Å²) in [6.07, 6.45) is 1.64. The van der Waals surface area contributed by atoms with Crippen molar-refractivity contribution >= 4 is 11.8 Å². The van der Waals surface area contributed by atoms with Gasteiger partial charge in [-0.05, 0) is 24.5 Å². The molecular formula is C22H21F3N6O3. The Balaban J connectivity index is 1.36. The Labute approximate surface area is 192 Å². The lowest BCUT2D eigenvalue weighted by Crippen LogP contribution is -2.53. The number of amides is 2. The number of carbonyl (C=O) groups excluding carboxylic acids is 2. The van der Waals surface area contributed by atoms with E-state index in [0.717, 1.165) is 31.2 Å². The van der Waals surface area contributed by atoms with E-state index in [1.165, 1.54) is 12.3 Å². The second-order valence-corrected chi connectivity index (χ2v) is 8.55. The first-order valence-electron chi connectivity index (χ1n) is 10.8. The van der Waals surface area contributed by atoms with Crippen molar-refractivity contribution in [3.05, 3.63) is 53.4 Å². The van der Waals surface area contributed by atoms with E-state index < -0.39 is 12.1 Å². The average molecular weight is 474 g/mol. The van der Waals surface area contributed by atoms with Gasteiger partial charge in [-0.15, -0.1) is 0 Å². The number of carbonyl (C=O) groups is 2. The Bertz CT molecular complexity index is 1250. The molecule has 5 rings (SSSR count). The average Bonchev–Trinajstić information content (AvgIpc) is 3.53. The quantitative estimate of drug-likeness (QED) is 0.623.